The molecule has 0 heterocycles. The lowest BCUT2D eigenvalue weighted by atomic mass is 9.98. The summed E-state index contributed by atoms with van der Waals surface area (Å²) in [4.78, 5) is 26.5. The van der Waals surface area contributed by atoms with Crippen molar-refractivity contribution in [2.75, 3.05) is 32.1 Å². The highest BCUT2D eigenvalue weighted by atomic mass is 32.2. The van der Waals surface area contributed by atoms with Crippen molar-refractivity contribution in [2.45, 2.75) is 36.1 Å². The van der Waals surface area contributed by atoms with Crippen LogP contribution in [0.1, 0.15) is 36.3 Å². The van der Waals surface area contributed by atoms with Gasteiger partial charge in [0.15, 0.2) is 0 Å². The summed E-state index contributed by atoms with van der Waals surface area (Å²) in [5, 5.41) is 20.5. The Bertz CT molecular complexity index is 1800. The molecule has 5 rings (SSSR count). The zero-order chi connectivity index (χ0) is 33.4. The predicted octanol–water partition coefficient (Wildman–Crippen LogP) is 6.61. The molecule has 0 radical (unpaired) electrons. The van der Waals surface area contributed by atoms with Crippen molar-refractivity contribution in [1.82, 2.24) is 10.0 Å². The maximum absolute atomic E-state index is 12.8. The molecular weight excluding hydrogens is 618 g/mol. The highest BCUT2D eigenvalue weighted by Crippen LogP contribution is 2.44. The highest BCUT2D eigenvalue weighted by Gasteiger charge is 2.29. The van der Waals surface area contributed by atoms with Crippen LogP contribution >= 0.6 is 0 Å². The minimum Gasteiger partial charge on any atom is -0.480 e. The Morgan fingerprint density at radius 1 is 0.830 bits per heavy atom. The smallest absolute Gasteiger partial charge is 0.407 e. The third-order valence-corrected chi connectivity index (χ3v) is 9.42. The number of hydrogen-bond donors (Lipinski definition) is 3. The first kappa shape index (κ1) is 33.3. The molecule has 0 aromatic heterocycles. The van der Waals surface area contributed by atoms with Gasteiger partial charge in [-0.3, -0.25) is 0 Å². The fraction of sp³-hybridized carbons (Fsp3) is 0.257. The number of benzene rings is 4. The minimum absolute atomic E-state index is 0.0721. The van der Waals surface area contributed by atoms with Crippen LogP contribution in [0, 0.1) is 0 Å². The molecule has 0 saturated heterocycles. The van der Waals surface area contributed by atoms with Crippen LogP contribution in [0.5, 0.6) is 0 Å². The summed E-state index contributed by atoms with van der Waals surface area (Å²) < 4.78 is 33.5. The number of azo groups is 1. The molecule has 1 atom stereocenters. The number of alkyl carbamates (subject to hydrolysis) is 1. The Hall–Kier alpha value is -5.07. The Morgan fingerprint density at radius 3 is 1.94 bits per heavy atom. The minimum atomic E-state index is -3.78. The van der Waals surface area contributed by atoms with Crippen molar-refractivity contribution in [3.05, 3.63) is 108 Å². The van der Waals surface area contributed by atoms with E-state index < -0.39 is 28.1 Å². The van der Waals surface area contributed by atoms with E-state index in [1.54, 1.807) is 12.1 Å². The van der Waals surface area contributed by atoms with Gasteiger partial charge in [-0.05, 0) is 90.0 Å². The number of aliphatic carboxylic acids is 1. The van der Waals surface area contributed by atoms with E-state index in [9.17, 15) is 23.1 Å². The SMILES string of the molecule is CN(C)c1ccc(/N=N/c2ccc(S(=O)(=O)NCCCC[C@H](NC(=O)OCC3c4ccccc4-c4ccccc43)C(=O)O)cc2)cc1. The molecule has 0 unspecified atom stereocenters. The largest absolute Gasteiger partial charge is 0.480 e. The van der Waals surface area contributed by atoms with Crippen molar-refractivity contribution in [2.24, 2.45) is 10.2 Å². The number of fused-ring (bicyclic) bond motifs is 3. The number of hydrogen-bond acceptors (Lipinski definition) is 8. The van der Waals surface area contributed by atoms with Crippen LogP contribution in [0.3, 0.4) is 0 Å². The number of amides is 1. The molecule has 3 N–H and O–H groups in total. The zero-order valence-corrected chi connectivity index (χ0v) is 27.0. The number of nitrogens with zero attached hydrogens (tertiary/aromatic N) is 3. The standard InChI is InChI=1S/C35H37N5O6S/c1-40(2)26-18-14-24(15-19-26)38-39-25-16-20-27(21-17-25)47(44,45)36-22-8-7-13-33(34(41)42)37-35(43)46-23-32-30-11-5-3-9-28(30)29-10-4-6-12-31(29)32/h3-6,9-12,14-21,32-33,36H,7-8,13,22-23H2,1-2H3,(H,37,43)(H,41,42)/b39-38+/t33-/m0/s1. The van der Waals surface area contributed by atoms with Crippen molar-refractivity contribution in [3.8, 4) is 11.1 Å². The highest BCUT2D eigenvalue weighted by molar-refractivity contribution is 7.89. The first-order chi connectivity index (χ1) is 22.6. The van der Waals surface area contributed by atoms with Gasteiger partial charge < -0.3 is 20.1 Å². The van der Waals surface area contributed by atoms with E-state index in [0.717, 1.165) is 27.9 Å². The van der Waals surface area contributed by atoms with Crippen LogP contribution in [-0.4, -0.2) is 58.9 Å². The second kappa shape index (κ2) is 15.0. The van der Waals surface area contributed by atoms with Gasteiger partial charge in [0, 0.05) is 32.2 Å². The zero-order valence-electron chi connectivity index (χ0n) is 26.2. The number of sulfonamides is 1. The van der Waals surface area contributed by atoms with Gasteiger partial charge >= 0.3 is 12.1 Å². The number of rotatable bonds is 14. The number of carbonyl (C=O) groups is 2. The number of carboxylic acid groups (broad SMARTS) is 1. The average molecular weight is 656 g/mol. The number of ether oxygens (including phenoxy) is 1. The Kier molecular flexibility index (Phi) is 10.6. The summed E-state index contributed by atoms with van der Waals surface area (Å²) in [5.41, 5.74) is 6.52. The van der Waals surface area contributed by atoms with Crippen LogP contribution in [-0.2, 0) is 19.6 Å². The van der Waals surface area contributed by atoms with Gasteiger partial charge in [-0.15, -0.1) is 0 Å². The number of carbonyl (C=O) groups excluding carboxylic acids is 1. The molecule has 0 spiro atoms. The molecule has 1 aliphatic rings. The van der Waals surface area contributed by atoms with Gasteiger partial charge in [0.05, 0.1) is 16.3 Å². The normalized spacial score (nSPS) is 13.1. The summed E-state index contributed by atoms with van der Waals surface area (Å²) in [6.07, 6.45) is 0.0237. The lowest BCUT2D eigenvalue weighted by molar-refractivity contribution is -0.139. The second-order valence-corrected chi connectivity index (χ2v) is 13.1. The number of anilines is 1. The van der Waals surface area contributed by atoms with Crippen LogP contribution in [0.2, 0.25) is 0 Å². The van der Waals surface area contributed by atoms with E-state index in [2.05, 4.69) is 20.3 Å². The molecule has 244 valence electrons. The third kappa shape index (κ3) is 8.40. The summed E-state index contributed by atoms with van der Waals surface area (Å²) in [7, 11) is 0.115. The van der Waals surface area contributed by atoms with Gasteiger partial charge in [0.25, 0.3) is 0 Å². The van der Waals surface area contributed by atoms with E-state index in [-0.39, 0.29) is 30.4 Å². The number of nitrogens with one attached hydrogen (secondary N) is 2. The van der Waals surface area contributed by atoms with Crippen molar-refractivity contribution in [3.63, 3.8) is 0 Å². The van der Waals surface area contributed by atoms with Crippen molar-refractivity contribution in [1.29, 1.82) is 0 Å². The van der Waals surface area contributed by atoms with Crippen LogP contribution < -0.4 is 14.9 Å². The third-order valence-electron chi connectivity index (χ3n) is 7.94. The van der Waals surface area contributed by atoms with E-state index in [1.165, 1.54) is 12.1 Å². The van der Waals surface area contributed by atoms with Crippen LogP contribution in [0.15, 0.2) is 112 Å². The van der Waals surface area contributed by atoms with E-state index in [4.69, 9.17) is 4.74 Å². The maximum atomic E-state index is 12.8. The van der Waals surface area contributed by atoms with Gasteiger partial charge in [-0.2, -0.15) is 10.2 Å². The lowest BCUT2D eigenvalue weighted by Crippen LogP contribution is -2.41. The molecule has 0 bridgehead atoms. The molecule has 12 heteroatoms. The molecule has 1 aliphatic carbocycles. The van der Waals surface area contributed by atoms with E-state index in [1.807, 2.05) is 91.8 Å². The fourth-order valence-electron chi connectivity index (χ4n) is 5.43. The first-order valence-electron chi connectivity index (χ1n) is 15.3. The number of unbranched alkanes of at least 4 members (excludes halogenated alkanes) is 1. The average Bonchev–Trinajstić information content (AvgIpc) is 3.39. The van der Waals surface area contributed by atoms with Gasteiger partial charge in [-0.1, -0.05) is 48.5 Å². The lowest BCUT2D eigenvalue weighted by Gasteiger charge is -2.17. The molecule has 47 heavy (non-hydrogen) atoms. The van der Waals surface area contributed by atoms with E-state index >= 15 is 0 Å². The molecule has 11 nitrogen and oxygen atoms in total. The fourth-order valence-corrected chi connectivity index (χ4v) is 6.50. The van der Waals surface area contributed by atoms with Gasteiger partial charge in [0.1, 0.15) is 12.6 Å². The van der Waals surface area contributed by atoms with Gasteiger partial charge in [0.2, 0.25) is 10.0 Å². The molecule has 0 saturated carbocycles. The Balaban J connectivity index is 1.05. The molecule has 1 amide bonds. The van der Waals surface area contributed by atoms with Gasteiger partial charge in [-0.25, -0.2) is 22.7 Å². The van der Waals surface area contributed by atoms with E-state index in [0.29, 0.717) is 24.2 Å². The maximum Gasteiger partial charge on any atom is 0.407 e. The predicted molar refractivity (Wildman–Crippen MR) is 180 cm³/mol. The topological polar surface area (TPSA) is 150 Å². The Morgan fingerprint density at radius 2 is 1.38 bits per heavy atom. The summed E-state index contributed by atoms with van der Waals surface area (Å²) in [5.74, 6) is -1.34. The summed E-state index contributed by atoms with van der Waals surface area (Å²) in [6, 6.07) is 28.3. The van der Waals surface area contributed by atoms with Crippen molar-refractivity contribution < 1.29 is 27.9 Å². The number of carboxylic acids is 1. The molecule has 0 aliphatic heterocycles. The summed E-state index contributed by atoms with van der Waals surface area (Å²) in [6.45, 7) is 0.173. The molecular formula is C35H37N5O6S. The second-order valence-electron chi connectivity index (χ2n) is 11.4. The van der Waals surface area contributed by atoms with Crippen LogP contribution in [0.25, 0.3) is 11.1 Å². The first-order valence-corrected chi connectivity index (χ1v) is 16.7. The van der Waals surface area contributed by atoms with Crippen molar-refractivity contribution >= 4 is 39.1 Å². The molecule has 4 aromatic rings. The molecule has 0 fully saturated rings. The summed E-state index contributed by atoms with van der Waals surface area (Å²) >= 11 is 0. The Labute approximate surface area is 274 Å². The molecule has 4 aromatic carbocycles. The monoisotopic (exact) mass is 655 g/mol. The quantitative estimate of drug-likeness (QED) is 0.102. The van der Waals surface area contributed by atoms with Crippen LogP contribution in [0.4, 0.5) is 21.9 Å².